The summed E-state index contributed by atoms with van der Waals surface area (Å²) in [6.07, 6.45) is 1.85. The molecule has 0 spiro atoms. The summed E-state index contributed by atoms with van der Waals surface area (Å²) in [5, 5.41) is 3.58. The SMILES string of the molecule is CCNCCC(C)(C)Cc1cccc(F)c1Cl. The maximum absolute atomic E-state index is 13.3. The van der Waals surface area contributed by atoms with Gasteiger partial charge in [-0.1, -0.05) is 44.5 Å². The first-order valence-electron chi connectivity index (χ1n) is 6.10. The lowest BCUT2D eigenvalue weighted by Crippen LogP contribution is -2.24. The molecule has 0 aliphatic heterocycles. The van der Waals surface area contributed by atoms with Crippen LogP contribution in [-0.4, -0.2) is 13.1 Å². The molecular weight excluding hydrogens is 237 g/mol. The summed E-state index contributed by atoms with van der Waals surface area (Å²) < 4.78 is 13.3. The fraction of sp³-hybridized carbons (Fsp3) is 0.571. The fourth-order valence-electron chi connectivity index (χ4n) is 1.89. The zero-order chi connectivity index (χ0) is 12.9. The van der Waals surface area contributed by atoms with Gasteiger partial charge in [0, 0.05) is 0 Å². The van der Waals surface area contributed by atoms with Crippen molar-refractivity contribution < 1.29 is 4.39 Å². The molecule has 0 aliphatic rings. The molecule has 0 aromatic heterocycles. The lowest BCUT2D eigenvalue weighted by atomic mass is 9.82. The second-order valence-corrected chi connectivity index (χ2v) is 5.54. The zero-order valence-corrected chi connectivity index (χ0v) is 11.6. The molecule has 1 N–H and O–H groups in total. The molecule has 0 saturated carbocycles. The van der Waals surface area contributed by atoms with E-state index in [4.69, 9.17) is 11.6 Å². The molecule has 0 fully saturated rings. The normalized spacial score (nSPS) is 11.8. The summed E-state index contributed by atoms with van der Waals surface area (Å²) in [6, 6.07) is 5.02. The highest BCUT2D eigenvalue weighted by atomic mass is 35.5. The van der Waals surface area contributed by atoms with E-state index < -0.39 is 0 Å². The molecule has 0 atom stereocenters. The summed E-state index contributed by atoms with van der Waals surface area (Å²) in [6.45, 7) is 8.43. The van der Waals surface area contributed by atoms with E-state index in [2.05, 4.69) is 26.1 Å². The third-order valence-electron chi connectivity index (χ3n) is 2.93. The van der Waals surface area contributed by atoms with Crippen LogP contribution in [0.4, 0.5) is 4.39 Å². The van der Waals surface area contributed by atoms with Gasteiger partial charge in [0.1, 0.15) is 5.82 Å². The Bertz CT molecular complexity index is 363. The van der Waals surface area contributed by atoms with E-state index in [-0.39, 0.29) is 16.3 Å². The van der Waals surface area contributed by atoms with Gasteiger partial charge in [0.25, 0.3) is 0 Å². The van der Waals surface area contributed by atoms with Crippen LogP contribution < -0.4 is 5.32 Å². The molecule has 1 nitrogen and oxygen atoms in total. The smallest absolute Gasteiger partial charge is 0.142 e. The Hall–Kier alpha value is -0.600. The summed E-state index contributed by atoms with van der Waals surface area (Å²) in [5.41, 5.74) is 1.02. The minimum absolute atomic E-state index is 0.125. The molecule has 96 valence electrons. The number of benzene rings is 1. The van der Waals surface area contributed by atoms with Crippen molar-refractivity contribution in [3.63, 3.8) is 0 Å². The van der Waals surface area contributed by atoms with Crippen LogP contribution in [0.15, 0.2) is 18.2 Å². The van der Waals surface area contributed by atoms with E-state index >= 15 is 0 Å². The number of hydrogen-bond donors (Lipinski definition) is 1. The van der Waals surface area contributed by atoms with Crippen LogP contribution in [0.1, 0.15) is 32.8 Å². The van der Waals surface area contributed by atoms with Crippen LogP contribution >= 0.6 is 11.6 Å². The third-order valence-corrected chi connectivity index (χ3v) is 3.35. The first kappa shape index (κ1) is 14.5. The molecular formula is C14H21ClFN. The Morgan fingerprint density at radius 1 is 1.35 bits per heavy atom. The number of nitrogens with one attached hydrogen (secondary N) is 1. The second kappa shape index (κ2) is 6.36. The van der Waals surface area contributed by atoms with E-state index in [1.807, 2.05) is 6.07 Å². The standard InChI is InChI=1S/C14H21ClFN/c1-4-17-9-8-14(2,3)10-11-6-5-7-12(16)13(11)15/h5-7,17H,4,8-10H2,1-3H3. The van der Waals surface area contributed by atoms with Gasteiger partial charge in [-0.05, 0) is 43.0 Å². The number of halogens is 2. The third kappa shape index (κ3) is 4.64. The van der Waals surface area contributed by atoms with Crippen LogP contribution in [0.2, 0.25) is 5.02 Å². The van der Waals surface area contributed by atoms with Crippen molar-refractivity contribution in [3.05, 3.63) is 34.6 Å². The summed E-state index contributed by atoms with van der Waals surface area (Å²) in [5.74, 6) is -0.327. The van der Waals surface area contributed by atoms with Gasteiger partial charge in [0.2, 0.25) is 0 Å². The molecule has 0 amide bonds. The van der Waals surface area contributed by atoms with Crippen LogP contribution in [0.5, 0.6) is 0 Å². The highest BCUT2D eigenvalue weighted by Crippen LogP contribution is 2.30. The first-order valence-corrected chi connectivity index (χ1v) is 6.47. The second-order valence-electron chi connectivity index (χ2n) is 5.16. The molecule has 1 rings (SSSR count). The van der Waals surface area contributed by atoms with Crippen LogP contribution in [0, 0.1) is 11.2 Å². The fourth-order valence-corrected chi connectivity index (χ4v) is 2.09. The Kier molecular flexibility index (Phi) is 5.41. The average Bonchev–Trinajstić information content (AvgIpc) is 2.25. The molecule has 0 heterocycles. The van der Waals surface area contributed by atoms with Gasteiger partial charge in [0.05, 0.1) is 5.02 Å². The van der Waals surface area contributed by atoms with Crippen molar-refractivity contribution in [1.82, 2.24) is 5.32 Å². The molecule has 1 aromatic carbocycles. The molecule has 0 unspecified atom stereocenters. The Morgan fingerprint density at radius 3 is 2.71 bits per heavy atom. The molecule has 3 heteroatoms. The Morgan fingerprint density at radius 2 is 2.06 bits per heavy atom. The van der Waals surface area contributed by atoms with Gasteiger partial charge in [-0.15, -0.1) is 0 Å². The summed E-state index contributed by atoms with van der Waals surface area (Å²) in [7, 11) is 0. The molecule has 0 saturated heterocycles. The molecule has 17 heavy (non-hydrogen) atoms. The van der Waals surface area contributed by atoms with Crippen molar-refractivity contribution in [1.29, 1.82) is 0 Å². The molecule has 0 aliphatic carbocycles. The molecule has 1 aromatic rings. The van der Waals surface area contributed by atoms with Crippen LogP contribution in [0.3, 0.4) is 0 Å². The van der Waals surface area contributed by atoms with E-state index in [9.17, 15) is 4.39 Å². The van der Waals surface area contributed by atoms with Crippen molar-refractivity contribution in [3.8, 4) is 0 Å². The van der Waals surface area contributed by atoms with Crippen molar-refractivity contribution in [2.75, 3.05) is 13.1 Å². The quantitative estimate of drug-likeness (QED) is 0.759. The van der Waals surface area contributed by atoms with Crippen LogP contribution in [-0.2, 0) is 6.42 Å². The average molecular weight is 258 g/mol. The molecule has 0 bridgehead atoms. The predicted molar refractivity (Wildman–Crippen MR) is 72.1 cm³/mol. The molecule has 0 radical (unpaired) electrons. The first-order chi connectivity index (χ1) is 7.96. The lowest BCUT2D eigenvalue weighted by molar-refractivity contribution is 0.326. The van der Waals surface area contributed by atoms with Gasteiger partial charge in [-0.2, -0.15) is 0 Å². The van der Waals surface area contributed by atoms with E-state index in [1.165, 1.54) is 6.07 Å². The van der Waals surface area contributed by atoms with E-state index in [1.54, 1.807) is 6.07 Å². The van der Waals surface area contributed by atoms with Gasteiger partial charge >= 0.3 is 0 Å². The maximum atomic E-state index is 13.3. The topological polar surface area (TPSA) is 12.0 Å². The number of hydrogen-bond acceptors (Lipinski definition) is 1. The van der Waals surface area contributed by atoms with E-state index in [0.717, 1.165) is 31.5 Å². The van der Waals surface area contributed by atoms with Crippen LogP contribution in [0.25, 0.3) is 0 Å². The highest BCUT2D eigenvalue weighted by molar-refractivity contribution is 6.31. The Balaban J connectivity index is 2.65. The monoisotopic (exact) mass is 257 g/mol. The van der Waals surface area contributed by atoms with Gasteiger partial charge in [0.15, 0.2) is 0 Å². The highest BCUT2D eigenvalue weighted by Gasteiger charge is 2.20. The summed E-state index contributed by atoms with van der Waals surface area (Å²) >= 11 is 5.97. The largest absolute Gasteiger partial charge is 0.317 e. The maximum Gasteiger partial charge on any atom is 0.142 e. The van der Waals surface area contributed by atoms with Gasteiger partial charge in [-0.25, -0.2) is 4.39 Å². The minimum atomic E-state index is -0.327. The van der Waals surface area contributed by atoms with Crippen molar-refractivity contribution in [2.45, 2.75) is 33.6 Å². The van der Waals surface area contributed by atoms with Gasteiger partial charge in [-0.3, -0.25) is 0 Å². The summed E-state index contributed by atoms with van der Waals surface area (Å²) in [4.78, 5) is 0. The van der Waals surface area contributed by atoms with E-state index in [0.29, 0.717) is 0 Å². The Labute approximate surface area is 108 Å². The van der Waals surface area contributed by atoms with Gasteiger partial charge < -0.3 is 5.32 Å². The van der Waals surface area contributed by atoms with Crippen molar-refractivity contribution in [2.24, 2.45) is 5.41 Å². The predicted octanol–water partition coefficient (Wildman–Crippen LogP) is 4.05. The zero-order valence-electron chi connectivity index (χ0n) is 10.8. The number of rotatable bonds is 6. The lowest BCUT2D eigenvalue weighted by Gasteiger charge is -2.25. The van der Waals surface area contributed by atoms with Crippen molar-refractivity contribution >= 4 is 11.6 Å². The minimum Gasteiger partial charge on any atom is -0.317 e.